The van der Waals surface area contributed by atoms with Crippen LogP contribution in [-0.2, 0) is 19.5 Å². The van der Waals surface area contributed by atoms with Crippen molar-refractivity contribution < 1.29 is 0 Å². The van der Waals surface area contributed by atoms with Crippen LogP contribution in [0, 0.1) is 0 Å². The van der Waals surface area contributed by atoms with Gasteiger partial charge < -0.3 is 0 Å². The normalized spacial score (nSPS) is 14.2. The lowest BCUT2D eigenvalue weighted by molar-refractivity contribution is 0.242. The third-order valence-corrected chi connectivity index (χ3v) is 5.38. The molecule has 2 N–H and O–H groups in total. The molecule has 0 bridgehead atoms. The van der Waals surface area contributed by atoms with Gasteiger partial charge in [0.25, 0.3) is 5.56 Å². The van der Waals surface area contributed by atoms with Crippen LogP contribution in [0.1, 0.15) is 47.7 Å². The van der Waals surface area contributed by atoms with Gasteiger partial charge in [-0.25, -0.2) is 10.4 Å². The maximum atomic E-state index is 12.6. The number of aromatic nitrogens is 2. The van der Waals surface area contributed by atoms with E-state index in [1.807, 2.05) is 30.3 Å². The van der Waals surface area contributed by atoms with Crippen LogP contribution in [0.4, 0.5) is 5.95 Å². The third-order valence-electron chi connectivity index (χ3n) is 5.38. The molecular weight excluding hydrogens is 374 g/mol. The minimum atomic E-state index is -0.100. The smallest absolute Gasteiger partial charge is 0.257 e. The van der Waals surface area contributed by atoms with Gasteiger partial charge in [-0.2, -0.15) is 5.10 Å². The van der Waals surface area contributed by atoms with Crippen LogP contribution in [0.25, 0.3) is 0 Å². The Morgan fingerprint density at radius 3 is 2.67 bits per heavy atom. The SMILES string of the molecule is CC(C)c1ccc(/C=N\Nc2nc3c(c(=O)[nH]2)CN(Cc2ccccc2)CC3)cc1. The molecule has 0 fully saturated rings. The molecule has 3 aromatic rings. The topological polar surface area (TPSA) is 73.4 Å². The second-order valence-electron chi connectivity index (χ2n) is 7.98. The highest BCUT2D eigenvalue weighted by Crippen LogP contribution is 2.17. The number of H-pyrrole nitrogens is 1. The molecular formula is C24H27N5O. The summed E-state index contributed by atoms with van der Waals surface area (Å²) in [5, 5.41) is 4.23. The Morgan fingerprint density at radius 2 is 1.93 bits per heavy atom. The fourth-order valence-electron chi connectivity index (χ4n) is 3.65. The zero-order valence-corrected chi connectivity index (χ0v) is 17.4. The molecule has 30 heavy (non-hydrogen) atoms. The zero-order chi connectivity index (χ0) is 20.9. The van der Waals surface area contributed by atoms with E-state index in [4.69, 9.17) is 0 Å². The summed E-state index contributed by atoms with van der Waals surface area (Å²) < 4.78 is 0. The molecule has 0 spiro atoms. The number of aromatic amines is 1. The number of hydrogen-bond acceptors (Lipinski definition) is 5. The van der Waals surface area contributed by atoms with Gasteiger partial charge in [-0.15, -0.1) is 0 Å². The van der Waals surface area contributed by atoms with E-state index in [2.05, 4.69) is 63.5 Å². The Labute approximate surface area is 176 Å². The molecule has 1 aliphatic rings. The summed E-state index contributed by atoms with van der Waals surface area (Å²) in [5.74, 6) is 0.882. The molecule has 0 radical (unpaired) electrons. The molecule has 154 valence electrons. The Hall–Kier alpha value is -3.25. The summed E-state index contributed by atoms with van der Waals surface area (Å²) in [4.78, 5) is 22.3. The van der Waals surface area contributed by atoms with E-state index in [0.717, 1.165) is 36.3 Å². The van der Waals surface area contributed by atoms with Gasteiger partial charge in [-0.1, -0.05) is 68.4 Å². The summed E-state index contributed by atoms with van der Waals surface area (Å²) in [6, 6.07) is 18.6. The molecule has 2 heterocycles. The minimum Gasteiger partial charge on any atom is -0.294 e. The standard InChI is InChI=1S/C24H27N5O/c1-17(2)20-10-8-18(9-11-20)14-25-28-24-26-22-12-13-29(16-21(22)23(30)27-24)15-19-6-4-3-5-7-19/h3-11,14,17H,12-13,15-16H2,1-2H3,(H2,26,27,28,30)/b25-14-. The molecule has 4 rings (SSSR count). The van der Waals surface area contributed by atoms with Crippen molar-refractivity contribution in [1.82, 2.24) is 14.9 Å². The number of rotatable bonds is 6. The summed E-state index contributed by atoms with van der Waals surface area (Å²) in [6.45, 7) is 6.66. The quantitative estimate of drug-likeness (QED) is 0.485. The fourth-order valence-corrected chi connectivity index (χ4v) is 3.65. The predicted octanol–water partition coefficient (Wildman–Crippen LogP) is 3.90. The second-order valence-corrected chi connectivity index (χ2v) is 7.98. The van der Waals surface area contributed by atoms with Crippen molar-refractivity contribution in [3.8, 4) is 0 Å². The van der Waals surface area contributed by atoms with Gasteiger partial charge in [-0.05, 0) is 22.6 Å². The highest BCUT2D eigenvalue weighted by atomic mass is 16.1. The predicted molar refractivity (Wildman–Crippen MR) is 121 cm³/mol. The van der Waals surface area contributed by atoms with Gasteiger partial charge in [0.15, 0.2) is 0 Å². The van der Waals surface area contributed by atoms with E-state index in [0.29, 0.717) is 18.4 Å². The number of hydrogen-bond donors (Lipinski definition) is 2. The van der Waals surface area contributed by atoms with Gasteiger partial charge >= 0.3 is 0 Å². The van der Waals surface area contributed by atoms with E-state index in [9.17, 15) is 4.79 Å². The lowest BCUT2D eigenvalue weighted by Gasteiger charge is -2.27. The first-order chi connectivity index (χ1) is 14.6. The molecule has 1 aliphatic heterocycles. The minimum absolute atomic E-state index is 0.100. The summed E-state index contributed by atoms with van der Waals surface area (Å²) in [6.07, 6.45) is 2.48. The van der Waals surface area contributed by atoms with Gasteiger partial charge in [-0.3, -0.25) is 14.7 Å². The molecule has 6 heteroatoms. The summed E-state index contributed by atoms with van der Waals surface area (Å²) in [5.41, 5.74) is 7.89. The van der Waals surface area contributed by atoms with E-state index >= 15 is 0 Å². The van der Waals surface area contributed by atoms with Crippen molar-refractivity contribution in [2.45, 2.75) is 39.3 Å². The molecule has 6 nitrogen and oxygen atoms in total. The molecule has 0 atom stereocenters. The van der Waals surface area contributed by atoms with E-state index in [1.54, 1.807) is 6.21 Å². The molecule has 0 amide bonds. The molecule has 0 unspecified atom stereocenters. The van der Waals surface area contributed by atoms with Crippen LogP contribution in [-0.4, -0.2) is 27.6 Å². The van der Waals surface area contributed by atoms with Crippen molar-refractivity contribution in [3.05, 3.63) is 92.9 Å². The number of benzene rings is 2. The Morgan fingerprint density at radius 1 is 1.17 bits per heavy atom. The zero-order valence-electron chi connectivity index (χ0n) is 17.4. The van der Waals surface area contributed by atoms with E-state index < -0.39 is 0 Å². The number of anilines is 1. The first-order valence-electron chi connectivity index (χ1n) is 10.4. The van der Waals surface area contributed by atoms with Crippen LogP contribution in [0.3, 0.4) is 0 Å². The molecule has 0 aliphatic carbocycles. The number of hydrazone groups is 1. The van der Waals surface area contributed by atoms with Crippen LogP contribution >= 0.6 is 0 Å². The van der Waals surface area contributed by atoms with Gasteiger partial charge in [0.2, 0.25) is 5.95 Å². The van der Waals surface area contributed by atoms with Crippen molar-refractivity contribution in [1.29, 1.82) is 0 Å². The van der Waals surface area contributed by atoms with Gasteiger partial charge in [0.1, 0.15) is 0 Å². The molecule has 0 saturated heterocycles. The lowest BCUT2D eigenvalue weighted by Crippen LogP contribution is -2.35. The Bertz CT molecular complexity index is 1070. The Balaban J connectivity index is 1.41. The van der Waals surface area contributed by atoms with Crippen molar-refractivity contribution in [2.75, 3.05) is 12.0 Å². The summed E-state index contributed by atoms with van der Waals surface area (Å²) >= 11 is 0. The van der Waals surface area contributed by atoms with E-state index in [1.165, 1.54) is 11.1 Å². The maximum absolute atomic E-state index is 12.6. The molecule has 2 aromatic carbocycles. The third kappa shape index (κ3) is 4.83. The van der Waals surface area contributed by atoms with Crippen LogP contribution in [0.5, 0.6) is 0 Å². The average molecular weight is 402 g/mol. The summed E-state index contributed by atoms with van der Waals surface area (Å²) in [7, 11) is 0. The Kier molecular flexibility index (Phi) is 6.05. The maximum Gasteiger partial charge on any atom is 0.257 e. The fraction of sp³-hybridized carbons (Fsp3) is 0.292. The van der Waals surface area contributed by atoms with E-state index in [-0.39, 0.29) is 5.56 Å². The van der Waals surface area contributed by atoms with Crippen molar-refractivity contribution in [3.63, 3.8) is 0 Å². The first-order valence-corrected chi connectivity index (χ1v) is 10.4. The van der Waals surface area contributed by atoms with Crippen molar-refractivity contribution in [2.24, 2.45) is 5.10 Å². The first kappa shape index (κ1) is 20.0. The van der Waals surface area contributed by atoms with Gasteiger partial charge in [0.05, 0.1) is 17.5 Å². The lowest BCUT2D eigenvalue weighted by atomic mass is 10.0. The number of nitrogens with one attached hydrogen (secondary N) is 2. The van der Waals surface area contributed by atoms with Crippen LogP contribution < -0.4 is 11.0 Å². The number of fused-ring (bicyclic) bond motifs is 1. The van der Waals surface area contributed by atoms with Gasteiger partial charge in [0, 0.05) is 26.1 Å². The molecule has 1 aromatic heterocycles. The highest BCUT2D eigenvalue weighted by molar-refractivity contribution is 5.80. The largest absolute Gasteiger partial charge is 0.294 e. The average Bonchev–Trinajstić information content (AvgIpc) is 2.75. The molecule has 0 saturated carbocycles. The van der Waals surface area contributed by atoms with Crippen molar-refractivity contribution >= 4 is 12.2 Å². The van der Waals surface area contributed by atoms with Crippen LogP contribution in [0.15, 0.2) is 64.5 Å². The highest BCUT2D eigenvalue weighted by Gasteiger charge is 2.21. The monoisotopic (exact) mass is 401 g/mol. The van der Waals surface area contributed by atoms with Crippen LogP contribution in [0.2, 0.25) is 0 Å². The second kappa shape index (κ2) is 9.05. The number of nitrogens with zero attached hydrogens (tertiary/aromatic N) is 3.